The molecular weight excluding hydrogens is 105 g/mol. The van der Waals surface area contributed by atoms with E-state index >= 15 is 0 Å². The summed E-state index contributed by atoms with van der Waals surface area (Å²) in [6.45, 7) is 3.51. The summed E-state index contributed by atoms with van der Waals surface area (Å²) in [4.78, 5) is 1.86. The van der Waals surface area contributed by atoms with E-state index in [1.54, 1.807) is 6.92 Å². The van der Waals surface area contributed by atoms with Crippen LogP contribution >= 0.6 is 0 Å². The molecule has 1 aliphatic heterocycles. The Kier molecular flexibility index (Phi) is 1.84. The maximum atomic E-state index is 12.3. The normalized spacial score (nSPS) is 26.2. The van der Waals surface area contributed by atoms with Gasteiger partial charge in [0.05, 0.1) is 0 Å². The molecule has 0 unspecified atom stereocenters. The first-order chi connectivity index (χ1) is 3.80. The van der Waals surface area contributed by atoms with Gasteiger partial charge >= 0.3 is 0 Å². The Bertz CT molecular complexity index is 66.9. The van der Waals surface area contributed by atoms with E-state index in [2.05, 4.69) is 0 Å². The largest absolute Gasteiger partial charge is 0.274 e. The minimum atomic E-state index is -0.725. The smallest absolute Gasteiger partial charge is 0.150 e. The minimum absolute atomic E-state index is 0.725. The molecule has 0 spiro atoms. The van der Waals surface area contributed by atoms with E-state index < -0.39 is 6.30 Å². The number of nitrogens with zero attached hydrogens (tertiary/aromatic N) is 1. The van der Waals surface area contributed by atoms with E-state index in [9.17, 15) is 4.39 Å². The third-order valence-corrected chi connectivity index (χ3v) is 1.64. The van der Waals surface area contributed by atoms with Crippen LogP contribution in [0.4, 0.5) is 4.39 Å². The van der Waals surface area contributed by atoms with Crippen molar-refractivity contribution in [3.8, 4) is 0 Å². The quantitative estimate of drug-likeness (QED) is 0.469. The van der Waals surface area contributed by atoms with Crippen molar-refractivity contribution in [2.75, 3.05) is 13.1 Å². The van der Waals surface area contributed by atoms with Crippen LogP contribution in [-0.4, -0.2) is 24.3 Å². The molecule has 0 aromatic carbocycles. The lowest BCUT2D eigenvalue weighted by atomic mass is 10.4. The first kappa shape index (κ1) is 6.02. The van der Waals surface area contributed by atoms with Gasteiger partial charge in [-0.3, -0.25) is 4.90 Å². The first-order valence-corrected chi connectivity index (χ1v) is 3.19. The average molecular weight is 117 g/mol. The summed E-state index contributed by atoms with van der Waals surface area (Å²) in [5.41, 5.74) is 0. The van der Waals surface area contributed by atoms with Crippen molar-refractivity contribution >= 4 is 0 Å². The molecule has 0 amide bonds. The summed E-state index contributed by atoms with van der Waals surface area (Å²) in [5, 5.41) is 0. The van der Waals surface area contributed by atoms with Crippen molar-refractivity contribution in [2.24, 2.45) is 0 Å². The van der Waals surface area contributed by atoms with Gasteiger partial charge in [-0.05, 0) is 19.8 Å². The summed E-state index contributed by atoms with van der Waals surface area (Å²) >= 11 is 0. The fourth-order valence-electron chi connectivity index (χ4n) is 1.10. The Morgan fingerprint density at radius 2 is 1.88 bits per heavy atom. The summed E-state index contributed by atoms with van der Waals surface area (Å²) in [5.74, 6) is 0. The highest BCUT2D eigenvalue weighted by Gasteiger charge is 2.15. The van der Waals surface area contributed by atoms with Gasteiger partial charge in [-0.1, -0.05) is 0 Å². The average Bonchev–Trinajstić information content (AvgIpc) is 2.12. The Morgan fingerprint density at radius 1 is 1.38 bits per heavy atom. The van der Waals surface area contributed by atoms with Crippen molar-refractivity contribution in [3.05, 3.63) is 0 Å². The molecule has 0 bridgehead atoms. The van der Waals surface area contributed by atoms with Crippen molar-refractivity contribution in [1.82, 2.24) is 4.90 Å². The molecule has 1 heterocycles. The summed E-state index contributed by atoms with van der Waals surface area (Å²) in [6, 6.07) is 0. The number of rotatable bonds is 1. The first-order valence-electron chi connectivity index (χ1n) is 3.19. The van der Waals surface area contributed by atoms with E-state index in [0.717, 1.165) is 13.1 Å². The lowest BCUT2D eigenvalue weighted by Gasteiger charge is -2.14. The van der Waals surface area contributed by atoms with E-state index in [0.29, 0.717) is 0 Å². The van der Waals surface area contributed by atoms with E-state index in [-0.39, 0.29) is 0 Å². The van der Waals surface area contributed by atoms with Gasteiger partial charge in [0, 0.05) is 13.1 Å². The Hall–Kier alpha value is -0.110. The number of hydrogen-bond donors (Lipinski definition) is 0. The molecule has 0 aromatic rings. The molecule has 0 saturated carbocycles. The van der Waals surface area contributed by atoms with Gasteiger partial charge in [-0.25, -0.2) is 4.39 Å². The fraction of sp³-hybridized carbons (Fsp3) is 1.00. The summed E-state index contributed by atoms with van der Waals surface area (Å²) < 4.78 is 12.3. The van der Waals surface area contributed by atoms with E-state index in [1.165, 1.54) is 12.8 Å². The van der Waals surface area contributed by atoms with Crippen molar-refractivity contribution < 1.29 is 4.39 Å². The number of alkyl halides is 1. The molecule has 1 nitrogen and oxygen atoms in total. The monoisotopic (exact) mass is 117 g/mol. The third kappa shape index (κ3) is 1.19. The zero-order valence-corrected chi connectivity index (χ0v) is 5.23. The van der Waals surface area contributed by atoms with Crippen LogP contribution < -0.4 is 0 Å². The molecule has 0 aromatic heterocycles. The molecular formula is C6H12FN. The van der Waals surface area contributed by atoms with Crippen LogP contribution in [0, 0.1) is 0 Å². The molecule has 0 N–H and O–H groups in total. The maximum Gasteiger partial charge on any atom is 0.150 e. The fourth-order valence-corrected chi connectivity index (χ4v) is 1.10. The van der Waals surface area contributed by atoms with Crippen LogP contribution in [0.3, 0.4) is 0 Å². The predicted molar refractivity (Wildman–Crippen MR) is 31.4 cm³/mol. The zero-order valence-electron chi connectivity index (χ0n) is 5.23. The van der Waals surface area contributed by atoms with Crippen LogP contribution in [0.15, 0.2) is 0 Å². The van der Waals surface area contributed by atoms with Gasteiger partial charge in [0.2, 0.25) is 0 Å². The molecule has 1 fully saturated rings. The van der Waals surface area contributed by atoms with Crippen LogP contribution in [0.1, 0.15) is 19.8 Å². The maximum absolute atomic E-state index is 12.3. The van der Waals surface area contributed by atoms with Crippen molar-refractivity contribution in [1.29, 1.82) is 0 Å². The van der Waals surface area contributed by atoms with Gasteiger partial charge in [0.15, 0.2) is 6.30 Å². The molecule has 0 aliphatic carbocycles. The van der Waals surface area contributed by atoms with E-state index in [4.69, 9.17) is 0 Å². The minimum Gasteiger partial charge on any atom is -0.274 e. The number of hydrogen-bond acceptors (Lipinski definition) is 1. The van der Waals surface area contributed by atoms with Crippen LogP contribution in [0.25, 0.3) is 0 Å². The highest BCUT2D eigenvalue weighted by Crippen LogP contribution is 2.11. The molecule has 48 valence electrons. The Labute approximate surface area is 49.5 Å². The van der Waals surface area contributed by atoms with Crippen LogP contribution in [0.2, 0.25) is 0 Å². The van der Waals surface area contributed by atoms with Gasteiger partial charge in [-0.15, -0.1) is 0 Å². The second-order valence-electron chi connectivity index (χ2n) is 2.32. The lowest BCUT2D eigenvalue weighted by Crippen LogP contribution is -2.25. The SMILES string of the molecule is C[C@H](F)N1CCCC1. The third-order valence-electron chi connectivity index (χ3n) is 1.64. The number of likely N-dealkylation sites (tertiary alicyclic amines) is 1. The number of halogens is 1. The topological polar surface area (TPSA) is 3.24 Å². The van der Waals surface area contributed by atoms with Crippen LogP contribution in [-0.2, 0) is 0 Å². The lowest BCUT2D eigenvalue weighted by molar-refractivity contribution is 0.126. The Morgan fingerprint density at radius 3 is 2.12 bits per heavy atom. The second kappa shape index (κ2) is 2.44. The summed E-state index contributed by atoms with van der Waals surface area (Å²) in [6.07, 6.45) is 1.63. The molecule has 1 atom stereocenters. The van der Waals surface area contributed by atoms with Gasteiger partial charge in [-0.2, -0.15) is 0 Å². The van der Waals surface area contributed by atoms with Gasteiger partial charge in [0.25, 0.3) is 0 Å². The molecule has 1 saturated heterocycles. The van der Waals surface area contributed by atoms with Gasteiger partial charge < -0.3 is 0 Å². The highest BCUT2D eigenvalue weighted by molar-refractivity contribution is 4.65. The second-order valence-corrected chi connectivity index (χ2v) is 2.32. The molecule has 1 rings (SSSR count). The molecule has 2 heteroatoms. The molecule has 1 aliphatic rings. The predicted octanol–water partition coefficient (Wildman–Crippen LogP) is 1.40. The van der Waals surface area contributed by atoms with Gasteiger partial charge in [0.1, 0.15) is 0 Å². The zero-order chi connectivity index (χ0) is 5.98. The Balaban J connectivity index is 2.24. The standard InChI is InChI=1S/C6H12FN/c1-6(7)8-4-2-3-5-8/h6H,2-5H2,1H3/t6-/m1/s1. The highest BCUT2D eigenvalue weighted by atomic mass is 19.1. The van der Waals surface area contributed by atoms with Crippen LogP contribution in [0.5, 0.6) is 0 Å². The molecule has 8 heavy (non-hydrogen) atoms. The van der Waals surface area contributed by atoms with Crippen molar-refractivity contribution in [3.63, 3.8) is 0 Å². The summed E-state index contributed by atoms with van der Waals surface area (Å²) in [7, 11) is 0. The van der Waals surface area contributed by atoms with Crippen molar-refractivity contribution in [2.45, 2.75) is 26.1 Å². The molecule has 0 radical (unpaired) electrons. The van der Waals surface area contributed by atoms with E-state index in [1.807, 2.05) is 4.90 Å².